The summed E-state index contributed by atoms with van der Waals surface area (Å²) in [5.41, 5.74) is 0.172. The topological polar surface area (TPSA) is 76.2 Å². The molecule has 25 heavy (non-hydrogen) atoms. The van der Waals surface area contributed by atoms with E-state index >= 15 is 0 Å². The number of aromatic nitrogens is 1. The van der Waals surface area contributed by atoms with Crippen molar-refractivity contribution in [2.75, 3.05) is 7.11 Å². The summed E-state index contributed by atoms with van der Waals surface area (Å²) in [4.78, 5) is 14.5. The van der Waals surface area contributed by atoms with Gasteiger partial charge in [0.2, 0.25) is 15.3 Å². The molecule has 0 fully saturated rings. The van der Waals surface area contributed by atoms with Crippen LogP contribution in [0.15, 0.2) is 51.1 Å². The lowest BCUT2D eigenvalue weighted by Crippen LogP contribution is -2.17. The molecule has 0 amide bonds. The zero-order valence-corrected chi connectivity index (χ0v) is 14.1. The first-order valence-corrected chi connectivity index (χ1v) is 8.65. The standard InChI is InChI=1S/C17H13F2NO4S/c1-9-3-6-13(24-2)16-15(9)17(21)14(8-20-16)25(22,23)10-4-5-11(18)12(19)7-10/h3-8H,1-2H3,(H,20,21). The maximum absolute atomic E-state index is 13.4. The van der Waals surface area contributed by atoms with Gasteiger partial charge in [0, 0.05) is 6.20 Å². The van der Waals surface area contributed by atoms with Crippen LogP contribution in [0, 0.1) is 18.6 Å². The van der Waals surface area contributed by atoms with Gasteiger partial charge in [-0.1, -0.05) is 6.07 Å². The molecule has 3 rings (SSSR count). The van der Waals surface area contributed by atoms with Crippen molar-refractivity contribution in [1.82, 2.24) is 4.98 Å². The van der Waals surface area contributed by atoms with Gasteiger partial charge in [-0.05, 0) is 36.8 Å². The first-order valence-electron chi connectivity index (χ1n) is 7.16. The Morgan fingerprint density at radius 1 is 1.08 bits per heavy atom. The van der Waals surface area contributed by atoms with Crippen LogP contribution in [0.25, 0.3) is 10.9 Å². The van der Waals surface area contributed by atoms with Crippen molar-refractivity contribution in [2.45, 2.75) is 16.7 Å². The molecule has 0 radical (unpaired) electrons. The van der Waals surface area contributed by atoms with Crippen LogP contribution < -0.4 is 10.2 Å². The maximum atomic E-state index is 13.4. The Bertz CT molecular complexity index is 1150. The fourth-order valence-electron chi connectivity index (χ4n) is 2.59. The predicted molar refractivity (Wildman–Crippen MR) is 87.7 cm³/mol. The molecular weight excluding hydrogens is 352 g/mol. The minimum absolute atomic E-state index is 0.156. The molecule has 1 aromatic heterocycles. The van der Waals surface area contributed by atoms with E-state index in [0.717, 1.165) is 12.3 Å². The summed E-state index contributed by atoms with van der Waals surface area (Å²) in [6.45, 7) is 1.66. The first-order chi connectivity index (χ1) is 11.8. The Morgan fingerprint density at radius 2 is 1.80 bits per heavy atom. The van der Waals surface area contributed by atoms with E-state index < -0.39 is 36.7 Å². The minimum Gasteiger partial charge on any atom is -0.495 e. The number of methoxy groups -OCH3 is 1. The average Bonchev–Trinajstić information content (AvgIpc) is 2.57. The molecule has 8 heteroatoms. The van der Waals surface area contributed by atoms with Crippen molar-refractivity contribution in [3.8, 4) is 5.75 Å². The number of ether oxygens (including phenoxy) is 1. The molecule has 0 spiro atoms. The second-order valence-corrected chi connectivity index (χ2v) is 7.31. The van der Waals surface area contributed by atoms with E-state index in [4.69, 9.17) is 4.74 Å². The Balaban J connectivity index is 2.32. The van der Waals surface area contributed by atoms with Crippen molar-refractivity contribution in [3.63, 3.8) is 0 Å². The van der Waals surface area contributed by atoms with E-state index in [1.54, 1.807) is 19.1 Å². The number of aryl methyl sites for hydroxylation is 1. The van der Waals surface area contributed by atoms with Gasteiger partial charge in [-0.15, -0.1) is 0 Å². The van der Waals surface area contributed by atoms with Gasteiger partial charge in [-0.25, -0.2) is 17.2 Å². The van der Waals surface area contributed by atoms with Crippen LogP contribution in [0.3, 0.4) is 0 Å². The third kappa shape index (κ3) is 2.68. The summed E-state index contributed by atoms with van der Waals surface area (Å²) in [5.74, 6) is -2.10. The molecule has 0 unspecified atom stereocenters. The van der Waals surface area contributed by atoms with Crippen molar-refractivity contribution >= 4 is 20.7 Å². The fraction of sp³-hybridized carbons (Fsp3) is 0.118. The van der Waals surface area contributed by atoms with E-state index in [9.17, 15) is 22.0 Å². The number of pyridine rings is 1. The van der Waals surface area contributed by atoms with E-state index in [0.29, 0.717) is 29.0 Å². The zero-order chi connectivity index (χ0) is 18.4. The average molecular weight is 365 g/mol. The number of fused-ring (bicyclic) bond motifs is 1. The quantitative estimate of drug-likeness (QED) is 0.724. The first kappa shape index (κ1) is 17.1. The molecular formula is C17H13F2NO4S. The molecule has 1 N–H and O–H groups in total. The molecule has 5 nitrogen and oxygen atoms in total. The number of hydrogen-bond donors (Lipinski definition) is 1. The Hall–Kier alpha value is -2.74. The van der Waals surface area contributed by atoms with Crippen LogP contribution in [0.5, 0.6) is 5.75 Å². The Morgan fingerprint density at radius 3 is 2.44 bits per heavy atom. The summed E-state index contributed by atoms with van der Waals surface area (Å²) in [7, 11) is -2.90. The lowest BCUT2D eigenvalue weighted by Gasteiger charge is -2.10. The Labute approximate surface area is 141 Å². The highest BCUT2D eigenvalue weighted by Gasteiger charge is 2.25. The second kappa shape index (κ2) is 5.96. The number of hydrogen-bond acceptors (Lipinski definition) is 4. The van der Waals surface area contributed by atoms with Gasteiger partial charge in [0.15, 0.2) is 11.6 Å². The number of nitrogens with one attached hydrogen (secondary N) is 1. The number of rotatable bonds is 3. The SMILES string of the molecule is COc1ccc(C)c2c(=O)c(S(=O)(=O)c3ccc(F)c(F)c3)c[nH]c12. The van der Waals surface area contributed by atoms with Crippen LogP contribution in [0.4, 0.5) is 8.78 Å². The van der Waals surface area contributed by atoms with Crippen LogP contribution >= 0.6 is 0 Å². The highest BCUT2D eigenvalue weighted by atomic mass is 32.2. The van der Waals surface area contributed by atoms with E-state index in [1.807, 2.05) is 0 Å². The second-order valence-electron chi connectivity index (χ2n) is 5.40. The highest BCUT2D eigenvalue weighted by Crippen LogP contribution is 2.27. The molecule has 130 valence electrons. The van der Waals surface area contributed by atoms with Gasteiger partial charge in [0.05, 0.1) is 22.9 Å². The molecule has 3 aromatic rings. The van der Waals surface area contributed by atoms with E-state index in [-0.39, 0.29) is 5.39 Å². The van der Waals surface area contributed by atoms with Gasteiger partial charge in [0.1, 0.15) is 10.6 Å². The lowest BCUT2D eigenvalue weighted by molar-refractivity contribution is 0.418. The molecule has 0 aliphatic rings. The fourth-order valence-corrected chi connectivity index (χ4v) is 3.91. The normalized spacial score (nSPS) is 11.7. The summed E-state index contributed by atoms with van der Waals surface area (Å²) in [6.07, 6.45) is 1.03. The number of sulfone groups is 1. The van der Waals surface area contributed by atoms with Crippen LogP contribution in [0.1, 0.15) is 5.56 Å². The van der Waals surface area contributed by atoms with Crippen molar-refractivity contribution < 1.29 is 21.9 Å². The van der Waals surface area contributed by atoms with Gasteiger partial charge in [-0.2, -0.15) is 0 Å². The minimum atomic E-state index is -4.33. The summed E-state index contributed by atoms with van der Waals surface area (Å²) in [5, 5.41) is 0.156. The van der Waals surface area contributed by atoms with Gasteiger partial charge >= 0.3 is 0 Å². The van der Waals surface area contributed by atoms with Crippen molar-refractivity contribution in [2.24, 2.45) is 0 Å². The highest BCUT2D eigenvalue weighted by molar-refractivity contribution is 7.91. The number of H-pyrrole nitrogens is 1. The molecule has 1 heterocycles. The lowest BCUT2D eigenvalue weighted by atomic mass is 10.1. The number of halogens is 2. The van der Waals surface area contributed by atoms with E-state index in [2.05, 4.69) is 4.98 Å². The van der Waals surface area contributed by atoms with Gasteiger partial charge in [0.25, 0.3) is 0 Å². The zero-order valence-electron chi connectivity index (χ0n) is 13.3. The maximum Gasteiger partial charge on any atom is 0.212 e. The third-order valence-electron chi connectivity index (χ3n) is 3.88. The Kier molecular flexibility index (Phi) is 4.08. The molecule has 2 aromatic carbocycles. The number of benzene rings is 2. The van der Waals surface area contributed by atoms with Crippen LogP contribution in [-0.2, 0) is 9.84 Å². The van der Waals surface area contributed by atoms with Crippen LogP contribution in [0.2, 0.25) is 0 Å². The third-order valence-corrected chi connectivity index (χ3v) is 5.64. The molecule has 0 aliphatic carbocycles. The molecule has 0 saturated carbocycles. The molecule has 0 bridgehead atoms. The summed E-state index contributed by atoms with van der Waals surface area (Å²) >= 11 is 0. The number of aromatic amines is 1. The van der Waals surface area contributed by atoms with E-state index in [1.165, 1.54) is 7.11 Å². The summed E-state index contributed by atoms with van der Waals surface area (Å²) in [6, 6.07) is 5.44. The van der Waals surface area contributed by atoms with Crippen LogP contribution in [-0.4, -0.2) is 20.5 Å². The molecule has 0 aliphatic heterocycles. The van der Waals surface area contributed by atoms with Gasteiger partial charge in [-0.3, -0.25) is 4.79 Å². The summed E-state index contributed by atoms with van der Waals surface area (Å²) < 4.78 is 57.0. The van der Waals surface area contributed by atoms with Crippen molar-refractivity contribution in [1.29, 1.82) is 0 Å². The largest absolute Gasteiger partial charge is 0.495 e. The smallest absolute Gasteiger partial charge is 0.212 e. The molecule has 0 atom stereocenters. The van der Waals surface area contributed by atoms with Crippen molar-refractivity contribution in [3.05, 3.63) is 63.9 Å². The predicted octanol–water partition coefficient (Wildman–Crippen LogP) is 2.96. The molecule has 0 saturated heterocycles. The van der Waals surface area contributed by atoms with Gasteiger partial charge < -0.3 is 9.72 Å². The monoisotopic (exact) mass is 365 g/mol.